The van der Waals surface area contributed by atoms with E-state index in [2.05, 4.69) is 10.2 Å². The highest BCUT2D eigenvalue weighted by Gasteiger charge is 2.40. The number of amides is 1. The minimum absolute atomic E-state index is 0.0115. The van der Waals surface area contributed by atoms with E-state index in [0.717, 1.165) is 19.4 Å². The number of hydrogen-bond acceptors (Lipinski definition) is 3. The van der Waals surface area contributed by atoms with Crippen LogP contribution >= 0.6 is 0 Å². The highest BCUT2D eigenvalue weighted by Crippen LogP contribution is 2.32. The molecule has 3 rings (SSSR count). The summed E-state index contributed by atoms with van der Waals surface area (Å²) >= 11 is 0. The molecule has 5 heteroatoms. The number of nitriles is 1. The first-order valence-corrected chi connectivity index (χ1v) is 6.44. The average molecular weight is 259 g/mol. The van der Waals surface area contributed by atoms with Crippen molar-refractivity contribution in [2.45, 2.75) is 18.9 Å². The molecule has 1 aromatic rings. The van der Waals surface area contributed by atoms with E-state index in [0.29, 0.717) is 17.8 Å². The Balaban J connectivity index is 1.95. The first-order valence-electron chi connectivity index (χ1n) is 6.44. The van der Waals surface area contributed by atoms with E-state index >= 15 is 0 Å². The van der Waals surface area contributed by atoms with Gasteiger partial charge in [0, 0.05) is 18.8 Å². The van der Waals surface area contributed by atoms with Gasteiger partial charge in [0.05, 0.1) is 23.6 Å². The molecule has 19 heavy (non-hydrogen) atoms. The minimum atomic E-state index is -0.409. The van der Waals surface area contributed by atoms with Crippen LogP contribution in [-0.2, 0) is 4.79 Å². The fraction of sp³-hybridized carbons (Fsp3) is 0.429. The molecule has 1 N–H and O–H groups in total. The maximum absolute atomic E-state index is 13.5. The lowest BCUT2D eigenvalue weighted by molar-refractivity contribution is -0.122. The molecule has 2 aliphatic rings. The number of piperidine rings is 1. The molecule has 98 valence electrons. The third-order valence-corrected chi connectivity index (χ3v) is 3.94. The van der Waals surface area contributed by atoms with Crippen LogP contribution in [0, 0.1) is 23.1 Å². The summed E-state index contributed by atoms with van der Waals surface area (Å²) in [5.41, 5.74) is 1.01. The zero-order valence-electron chi connectivity index (χ0n) is 10.4. The smallest absolute Gasteiger partial charge is 0.225 e. The Morgan fingerprint density at radius 3 is 3.05 bits per heavy atom. The molecule has 2 unspecified atom stereocenters. The second-order valence-corrected chi connectivity index (χ2v) is 5.06. The Morgan fingerprint density at radius 1 is 1.42 bits per heavy atom. The van der Waals surface area contributed by atoms with E-state index in [4.69, 9.17) is 5.26 Å². The van der Waals surface area contributed by atoms with Crippen molar-refractivity contribution in [3.63, 3.8) is 0 Å². The standard InChI is InChI=1S/C14H14FN3O/c15-10-4-9(7-16)5-11(6-10)18-3-1-2-12-13(18)8-17-14(12)19/h4-6,12-13H,1-3,8H2,(H,17,19). The van der Waals surface area contributed by atoms with Crippen LogP contribution in [0.4, 0.5) is 10.1 Å². The number of nitrogens with zero attached hydrogens (tertiary/aromatic N) is 2. The van der Waals surface area contributed by atoms with E-state index in [1.165, 1.54) is 12.1 Å². The van der Waals surface area contributed by atoms with E-state index < -0.39 is 5.82 Å². The predicted octanol–water partition coefficient (Wildman–Crippen LogP) is 1.41. The van der Waals surface area contributed by atoms with Gasteiger partial charge in [-0.3, -0.25) is 4.79 Å². The van der Waals surface area contributed by atoms with Crippen molar-refractivity contribution in [2.24, 2.45) is 5.92 Å². The predicted molar refractivity (Wildman–Crippen MR) is 68.0 cm³/mol. The Bertz CT molecular complexity index is 566. The number of halogens is 1. The number of rotatable bonds is 1. The molecule has 2 atom stereocenters. The van der Waals surface area contributed by atoms with Crippen LogP contribution in [0.3, 0.4) is 0 Å². The lowest BCUT2D eigenvalue weighted by Gasteiger charge is -2.37. The van der Waals surface area contributed by atoms with Gasteiger partial charge in [-0.25, -0.2) is 4.39 Å². The third-order valence-electron chi connectivity index (χ3n) is 3.94. The highest BCUT2D eigenvalue weighted by molar-refractivity contribution is 5.83. The highest BCUT2D eigenvalue weighted by atomic mass is 19.1. The second-order valence-electron chi connectivity index (χ2n) is 5.06. The van der Waals surface area contributed by atoms with Crippen molar-refractivity contribution in [2.75, 3.05) is 18.0 Å². The van der Waals surface area contributed by atoms with Crippen LogP contribution in [0.5, 0.6) is 0 Å². The quantitative estimate of drug-likeness (QED) is 0.829. The van der Waals surface area contributed by atoms with Gasteiger partial charge in [-0.2, -0.15) is 5.26 Å². The molecule has 2 heterocycles. The van der Waals surface area contributed by atoms with E-state index in [1.54, 1.807) is 6.07 Å². The molecular formula is C14H14FN3O. The topological polar surface area (TPSA) is 56.1 Å². The van der Waals surface area contributed by atoms with Crippen molar-refractivity contribution in [3.05, 3.63) is 29.6 Å². The number of anilines is 1. The van der Waals surface area contributed by atoms with Gasteiger partial charge in [0.2, 0.25) is 5.91 Å². The van der Waals surface area contributed by atoms with E-state index in [-0.39, 0.29) is 17.9 Å². The van der Waals surface area contributed by atoms with Crippen LogP contribution in [-0.4, -0.2) is 25.0 Å². The number of benzene rings is 1. The third kappa shape index (κ3) is 2.03. The maximum atomic E-state index is 13.5. The molecular weight excluding hydrogens is 245 g/mol. The average Bonchev–Trinajstić information content (AvgIpc) is 2.80. The number of carbonyl (C=O) groups excluding carboxylic acids is 1. The molecule has 0 saturated carbocycles. The van der Waals surface area contributed by atoms with Gasteiger partial charge in [0.15, 0.2) is 0 Å². The first-order chi connectivity index (χ1) is 9.19. The van der Waals surface area contributed by atoms with Crippen molar-refractivity contribution in [1.29, 1.82) is 5.26 Å². The summed E-state index contributed by atoms with van der Waals surface area (Å²) in [6, 6.07) is 6.40. The van der Waals surface area contributed by atoms with E-state index in [1.807, 2.05) is 6.07 Å². The molecule has 0 aromatic heterocycles. The molecule has 1 amide bonds. The zero-order valence-corrected chi connectivity index (χ0v) is 10.4. The fourth-order valence-corrected chi connectivity index (χ4v) is 3.08. The molecule has 0 aliphatic carbocycles. The summed E-state index contributed by atoms with van der Waals surface area (Å²) in [5, 5.41) is 11.8. The summed E-state index contributed by atoms with van der Waals surface area (Å²) in [6.45, 7) is 1.40. The first kappa shape index (κ1) is 12.0. The van der Waals surface area contributed by atoms with E-state index in [9.17, 15) is 9.18 Å². The van der Waals surface area contributed by atoms with Gasteiger partial charge in [-0.1, -0.05) is 0 Å². The van der Waals surface area contributed by atoms with Crippen molar-refractivity contribution in [3.8, 4) is 6.07 Å². The number of fused-ring (bicyclic) bond motifs is 1. The lowest BCUT2D eigenvalue weighted by atomic mass is 9.91. The molecule has 2 saturated heterocycles. The molecule has 2 aliphatic heterocycles. The summed E-state index contributed by atoms with van der Waals surface area (Å²) in [7, 11) is 0. The Labute approximate surface area is 110 Å². The van der Waals surface area contributed by atoms with Crippen LogP contribution < -0.4 is 10.2 Å². The summed E-state index contributed by atoms with van der Waals surface area (Å²) in [4.78, 5) is 13.8. The molecule has 4 nitrogen and oxygen atoms in total. The fourth-order valence-electron chi connectivity index (χ4n) is 3.08. The summed E-state index contributed by atoms with van der Waals surface area (Å²) in [5.74, 6) is -0.331. The second kappa shape index (κ2) is 4.54. The number of hydrogen-bond donors (Lipinski definition) is 1. The van der Waals surface area contributed by atoms with Gasteiger partial charge in [-0.05, 0) is 31.0 Å². The zero-order chi connectivity index (χ0) is 13.4. The Hall–Kier alpha value is -2.09. The molecule has 2 fully saturated rings. The van der Waals surface area contributed by atoms with Crippen molar-refractivity contribution >= 4 is 11.6 Å². The molecule has 0 bridgehead atoms. The number of nitrogens with one attached hydrogen (secondary N) is 1. The Kier molecular flexibility index (Phi) is 2.86. The summed E-state index contributed by atoms with van der Waals surface area (Å²) < 4.78 is 13.5. The lowest BCUT2D eigenvalue weighted by Crippen LogP contribution is -2.45. The van der Waals surface area contributed by atoms with Crippen molar-refractivity contribution < 1.29 is 9.18 Å². The number of carbonyl (C=O) groups is 1. The van der Waals surface area contributed by atoms with Crippen LogP contribution in [0.1, 0.15) is 18.4 Å². The van der Waals surface area contributed by atoms with Crippen LogP contribution in [0.15, 0.2) is 18.2 Å². The van der Waals surface area contributed by atoms with Gasteiger partial charge >= 0.3 is 0 Å². The molecule has 0 spiro atoms. The largest absolute Gasteiger partial charge is 0.366 e. The van der Waals surface area contributed by atoms with Gasteiger partial charge < -0.3 is 10.2 Å². The van der Waals surface area contributed by atoms with Gasteiger partial charge in [-0.15, -0.1) is 0 Å². The Morgan fingerprint density at radius 2 is 2.26 bits per heavy atom. The van der Waals surface area contributed by atoms with Crippen LogP contribution in [0.2, 0.25) is 0 Å². The maximum Gasteiger partial charge on any atom is 0.225 e. The molecule has 0 radical (unpaired) electrons. The SMILES string of the molecule is N#Cc1cc(F)cc(N2CCCC3C(=O)NCC32)c1. The van der Waals surface area contributed by atoms with Gasteiger partial charge in [0.1, 0.15) is 5.82 Å². The molecule has 1 aromatic carbocycles. The summed E-state index contributed by atoms with van der Waals surface area (Å²) in [6.07, 6.45) is 1.79. The van der Waals surface area contributed by atoms with Gasteiger partial charge in [0.25, 0.3) is 0 Å². The minimum Gasteiger partial charge on any atom is -0.366 e. The van der Waals surface area contributed by atoms with Crippen LogP contribution in [0.25, 0.3) is 0 Å². The normalized spacial score (nSPS) is 25.7. The van der Waals surface area contributed by atoms with Crippen molar-refractivity contribution in [1.82, 2.24) is 5.32 Å². The monoisotopic (exact) mass is 259 g/mol.